The molecule has 0 aliphatic rings. The van der Waals surface area contributed by atoms with Gasteiger partial charge in [0, 0.05) is 22.7 Å². The van der Waals surface area contributed by atoms with Crippen LogP contribution < -0.4 is 5.73 Å². The zero-order valence-corrected chi connectivity index (χ0v) is 13.0. The number of aliphatic hydroxyl groups excluding tert-OH is 1. The number of nitrogens with two attached hydrogens (primary N) is 1. The Balaban J connectivity index is 3.04. The number of benzene rings is 1. The van der Waals surface area contributed by atoms with Crippen molar-refractivity contribution >= 4 is 27.5 Å². The van der Waals surface area contributed by atoms with Crippen LogP contribution in [0.2, 0.25) is 0 Å². The molecule has 106 valence electrons. The molecule has 0 aromatic heterocycles. The van der Waals surface area contributed by atoms with Crippen LogP contribution in [-0.4, -0.2) is 35.1 Å². The fraction of sp³-hybridized carbons (Fsp3) is 0.500. The summed E-state index contributed by atoms with van der Waals surface area (Å²) in [6, 6.07) is 5.36. The number of carbonyl (C=O) groups excluding carboxylic acids is 1. The fourth-order valence-electron chi connectivity index (χ4n) is 2.17. The lowest BCUT2D eigenvalue weighted by Gasteiger charge is -2.30. The molecule has 0 spiro atoms. The Morgan fingerprint density at radius 3 is 2.53 bits per heavy atom. The highest BCUT2D eigenvalue weighted by atomic mass is 79.9. The van der Waals surface area contributed by atoms with Crippen molar-refractivity contribution < 1.29 is 9.90 Å². The van der Waals surface area contributed by atoms with E-state index >= 15 is 0 Å². The van der Waals surface area contributed by atoms with Gasteiger partial charge in [0.2, 0.25) is 0 Å². The van der Waals surface area contributed by atoms with Crippen LogP contribution in [-0.2, 0) is 0 Å². The van der Waals surface area contributed by atoms with Crippen LogP contribution in [0.3, 0.4) is 0 Å². The third-order valence-electron chi connectivity index (χ3n) is 3.23. The van der Waals surface area contributed by atoms with Crippen molar-refractivity contribution in [3.05, 3.63) is 28.2 Å². The molecular weight excluding hydrogens is 308 g/mol. The highest BCUT2D eigenvalue weighted by Crippen LogP contribution is 2.22. The Hall–Kier alpha value is -1.07. The number of anilines is 1. The number of nitrogen functional groups attached to an aromatic ring is 1. The summed E-state index contributed by atoms with van der Waals surface area (Å²) in [5.74, 6) is -0.118. The van der Waals surface area contributed by atoms with Gasteiger partial charge in [-0.05, 0) is 31.0 Å². The Kier molecular flexibility index (Phi) is 6.31. The van der Waals surface area contributed by atoms with Crippen molar-refractivity contribution in [1.29, 1.82) is 0 Å². The molecule has 0 radical (unpaired) electrons. The third kappa shape index (κ3) is 3.94. The molecule has 0 bridgehead atoms. The molecule has 0 heterocycles. The second kappa shape index (κ2) is 7.50. The van der Waals surface area contributed by atoms with E-state index in [9.17, 15) is 4.79 Å². The lowest BCUT2D eigenvalue weighted by Crippen LogP contribution is -2.41. The first kappa shape index (κ1) is 16.0. The van der Waals surface area contributed by atoms with Gasteiger partial charge in [0.1, 0.15) is 0 Å². The fourth-order valence-corrected chi connectivity index (χ4v) is 2.55. The van der Waals surface area contributed by atoms with E-state index in [0.717, 1.165) is 17.3 Å². The topological polar surface area (TPSA) is 66.6 Å². The zero-order chi connectivity index (χ0) is 14.4. The number of hydrogen-bond donors (Lipinski definition) is 2. The second-order valence-corrected chi connectivity index (χ2v) is 5.34. The van der Waals surface area contributed by atoms with E-state index in [1.807, 2.05) is 13.8 Å². The first-order valence-electron chi connectivity index (χ1n) is 6.51. The van der Waals surface area contributed by atoms with Crippen LogP contribution in [0.1, 0.15) is 37.0 Å². The Bertz CT molecular complexity index is 433. The third-order valence-corrected chi connectivity index (χ3v) is 3.72. The van der Waals surface area contributed by atoms with Crippen molar-refractivity contribution in [2.24, 2.45) is 0 Å². The molecule has 0 aliphatic carbocycles. The number of carbonyl (C=O) groups is 1. The first-order valence-corrected chi connectivity index (χ1v) is 7.31. The molecule has 3 N–H and O–H groups in total. The summed E-state index contributed by atoms with van der Waals surface area (Å²) < 4.78 is 0.845. The molecule has 0 saturated carbocycles. The predicted molar refractivity (Wildman–Crippen MR) is 81.0 cm³/mol. The molecule has 0 fully saturated rings. The SMILES string of the molecule is CCC(CC)N(CCO)C(=O)c1ccc(Br)cc1N. The molecule has 1 aromatic carbocycles. The van der Waals surface area contributed by atoms with Crippen LogP contribution in [0.25, 0.3) is 0 Å². The van der Waals surface area contributed by atoms with Crippen molar-refractivity contribution in [2.75, 3.05) is 18.9 Å². The largest absolute Gasteiger partial charge is 0.398 e. The second-order valence-electron chi connectivity index (χ2n) is 4.42. The number of halogens is 1. The summed E-state index contributed by atoms with van der Waals surface area (Å²) in [5, 5.41) is 9.15. The minimum Gasteiger partial charge on any atom is -0.398 e. The van der Waals surface area contributed by atoms with E-state index in [0.29, 0.717) is 17.8 Å². The van der Waals surface area contributed by atoms with Crippen LogP contribution in [0.4, 0.5) is 5.69 Å². The van der Waals surface area contributed by atoms with E-state index in [2.05, 4.69) is 15.9 Å². The van der Waals surface area contributed by atoms with Gasteiger partial charge in [-0.15, -0.1) is 0 Å². The lowest BCUT2D eigenvalue weighted by molar-refractivity contribution is 0.0623. The average Bonchev–Trinajstić information content (AvgIpc) is 2.38. The zero-order valence-electron chi connectivity index (χ0n) is 11.4. The maximum Gasteiger partial charge on any atom is 0.256 e. The predicted octanol–water partition coefficient (Wildman–Crippen LogP) is 2.65. The number of hydrogen-bond acceptors (Lipinski definition) is 3. The van der Waals surface area contributed by atoms with Gasteiger partial charge in [-0.1, -0.05) is 29.8 Å². The number of rotatable bonds is 6. The summed E-state index contributed by atoms with van der Waals surface area (Å²) in [5.41, 5.74) is 6.84. The summed E-state index contributed by atoms with van der Waals surface area (Å²) in [7, 11) is 0. The smallest absolute Gasteiger partial charge is 0.256 e. The van der Waals surface area contributed by atoms with Crippen LogP contribution in [0.15, 0.2) is 22.7 Å². The van der Waals surface area contributed by atoms with E-state index in [4.69, 9.17) is 10.8 Å². The summed E-state index contributed by atoms with van der Waals surface area (Å²) in [4.78, 5) is 14.3. The molecule has 1 amide bonds. The average molecular weight is 329 g/mol. The first-order chi connectivity index (χ1) is 9.04. The molecule has 5 heteroatoms. The molecular formula is C14H21BrN2O2. The summed E-state index contributed by atoms with van der Waals surface area (Å²) in [6.07, 6.45) is 1.72. The maximum absolute atomic E-state index is 12.5. The van der Waals surface area contributed by atoms with Gasteiger partial charge in [-0.25, -0.2) is 0 Å². The Morgan fingerprint density at radius 1 is 1.42 bits per heavy atom. The number of nitrogens with zero attached hydrogens (tertiary/aromatic N) is 1. The highest BCUT2D eigenvalue weighted by molar-refractivity contribution is 9.10. The van der Waals surface area contributed by atoms with Gasteiger partial charge >= 0.3 is 0 Å². The van der Waals surface area contributed by atoms with Gasteiger partial charge in [-0.2, -0.15) is 0 Å². The van der Waals surface area contributed by atoms with Crippen molar-refractivity contribution in [3.63, 3.8) is 0 Å². The van der Waals surface area contributed by atoms with Crippen LogP contribution in [0, 0.1) is 0 Å². The van der Waals surface area contributed by atoms with Crippen molar-refractivity contribution in [3.8, 4) is 0 Å². The van der Waals surface area contributed by atoms with E-state index in [1.54, 1.807) is 23.1 Å². The molecule has 0 atom stereocenters. The van der Waals surface area contributed by atoms with Crippen LogP contribution >= 0.6 is 15.9 Å². The molecule has 0 saturated heterocycles. The molecule has 19 heavy (non-hydrogen) atoms. The molecule has 1 aromatic rings. The molecule has 4 nitrogen and oxygen atoms in total. The van der Waals surface area contributed by atoms with Gasteiger partial charge in [-0.3, -0.25) is 4.79 Å². The van der Waals surface area contributed by atoms with Gasteiger partial charge < -0.3 is 15.7 Å². The van der Waals surface area contributed by atoms with Gasteiger partial charge in [0.15, 0.2) is 0 Å². The van der Waals surface area contributed by atoms with Crippen molar-refractivity contribution in [2.45, 2.75) is 32.7 Å². The summed E-state index contributed by atoms with van der Waals surface area (Å²) >= 11 is 3.32. The Morgan fingerprint density at radius 2 is 2.05 bits per heavy atom. The summed E-state index contributed by atoms with van der Waals surface area (Å²) in [6.45, 7) is 4.37. The molecule has 1 rings (SSSR count). The quantitative estimate of drug-likeness (QED) is 0.789. The van der Waals surface area contributed by atoms with Crippen molar-refractivity contribution in [1.82, 2.24) is 4.90 Å². The van der Waals surface area contributed by atoms with E-state index < -0.39 is 0 Å². The number of aliphatic hydroxyl groups is 1. The standard InChI is InChI=1S/C14H21BrN2O2/c1-3-11(4-2)17(7-8-18)14(19)12-6-5-10(15)9-13(12)16/h5-6,9,11,18H,3-4,7-8,16H2,1-2H3. The van der Waals surface area contributed by atoms with Gasteiger partial charge in [0.25, 0.3) is 5.91 Å². The minimum absolute atomic E-state index is 0.0430. The molecule has 0 aliphatic heterocycles. The molecule has 0 unspecified atom stereocenters. The monoisotopic (exact) mass is 328 g/mol. The number of amides is 1. The maximum atomic E-state index is 12.5. The van der Waals surface area contributed by atoms with E-state index in [1.165, 1.54) is 0 Å². The van der Waals surface area contributed by atoms with Crippen LogP contribution in [0.5, 0.6) is 0 Å². The Labute approximate surface area is 122 Å². The van der Waals surface area contributed by atoms with Gasteiger partial charge in [0.05, 0.1) is 12.2 Å². The minimum atomic E-state index is -0.118. The highest BCUT2D eigenvalue weighted by Gasteiger charge is 2.23. The lowest BCUT2D eigenvalue weighted by atomic mass is 10.1. The normalized spacial score (nSPS) is 10.8. The van der Waals surface area contributed by atoms with E-state index in [-0.39, 0.29) is 18.6 Å².